The summed E-state index contributed by atoms with van der Waals surface area (Å²) in [6, 6.07) is 3.61. The van der Waals surface area contributed by atoms with Crippen LogP contribution in [0.15, 0.2) is 18.3 Å². The molecule has 0 aromatic carbocycles. The summed E-state index contributed by atoms with van der Waals surface area (Å²) in [5.41, 5.74) is 6.10. The van der Waals surface area contributed by atoms with Gasteiger partial charge in [-0.05, 0) is 18.4 Å². The van der Waals surface area contributed by atoms with Gasteiger partial charge in [0.2, 0.25) is 0 Å². The fourth-order valence-corrected chi connectivity index (χ4v) is 1.50. The summed E-state index contributed by atoms with van der Waals surface area (Å²) in [6.45, 7) is 0.769. The summed E-state index contributed by atoms with van der Waals surface area (Å²) in [4.78, 5) is 4.36. The van der Waals surface area contributed by atoms with Crippen molar-refractivity contribution in [1.82, 2.24) is 4.98 Å². The molecule has 1 aliphatic rings. The van der Waals surface area contributed by atoms with Crippen LogP contribution in [0.2, 0.25) is 0 Å². The lowest BCUT2D eigenvalue weighted by molar-refractivity contribution is 0.302. The Kier molecular flexibility index (Phi) is 3.16. The van der Waals surface area contributed by atoms with Gasteiger partial charge < -0.3 is 10.5 Å². The van der Waals surface area contributed by atoms with E-state index in [1.807, 2.05) is 6.07 Å². The molecule has 4 heteroatoms. The Morgan fingerprint density at radius 3 is 3.07 bits per heavy atom. The minimum atomic E-state index is 0.308. The summed E-state index contributed by atoms with van der Waals surface area (Å²) in [7, 11) is 0. The van der Waals surface area contributed by atoms with Crippen molar-refractivity contribution >= 4 is 17.2 Å². The Bertz CT molecular complexity index is 363. The van der Waals surface area contributed by atoms with E-state index in [1.54, 1.807) is 12.3 Å². The number of aromatic nitrogens is 1. The van der Waals surface area contributed by atoms with Crippen LogP contribution in [-0.2, 0) is 0 Å². The Labute approximate surface area is 94.6 Å². The van der Waals surface area contributed by atoms with Gasteiger partial charge in [-0.1, -0.05) is 25.1 Å². The monoisotopic (exact) mass is 222 g/mol. The second-order valence-corrected chi connectivity index (χ2v) is 4.26. The van der Waals surface area contributed by atoms with Crippen LogP contribution < -0.4 is 10.5 Å². The van der Waals surface area contributed by atoms with Crippen LogP contribution in [-0.4, -0.2) is 16.6 Å². The molecular weight excluding hydrogens is 208 g/mol. The largest absolute Gasteiger partial charge is 0.493 e. The van der Waals surface area contributed by atoms with Gasteiger partial charge in [0.25, 0.3) is 0 Å². The van der Waals surface area contributed by atoms with E-state index in [-0.39, 0.29) is 0 Å². The summed E-state index contributed by atoms with van der Waals surface area (Å²) in [5.74, 6) is 1.69. The standard InChI is InChI=1S/C11H14N2OS/c12-11(15)10-7-9(3-5-13-10)14-6-4-8-1-2-8/h3,5,7-8H,1-2,4,6H2,(H2,12,15). The molecule has 0 radical (unpaired) electrons. The quantitative estimate of drug-likeness (QED) is 0.773. The summed E-state index contributed by atoms with van der Waals surface area (Å²) >= 11 is 4.85. The van der Waals surface area contributed by atoms with E-state index in [0.29, 0.717) is 10.7 Å². The predicted octanol–water partition coefficient (Wildman–Crippen LogP) is 1.89. The van der Waals surface area contributed by atoms with Crippen LogP contribution >= 0.6 is 12.2 Å². The highest BCUT2D eigenvalue weighted by atomic mass is 32.1. The van der Waals surface area contributed by atoms with E-state index in [1.165, 1.54) is 12.8 Å². The molecule has 0 amide bonds. The molecule has 1 saturated carbocycles. The van der Waals surface area contributed by atoms with Gasteiger partial charge in [-0.25, -0.2) is 0 Å². The van der Waals surface area contributed by atoms with Gasteiger partial charge in [0, 0.05) is 12.3 Å². The fraction of sp³-hybridized carbons (Fsp3) is 0.455. The normalized spacial score (nSPS) is 14.9. The smallest absolute Gasteiger partial charge is 0.123 e. The highest BCUT2D eigenvalue weighted by molar-refractivity contribution is 7.80. The molecule has 1 fully saturated rings. The van der Waals surface area contributed by atoms with Crippen molar-refractivity contribution in [3.63, 3.8) is 0 Å². The first-order valence-electron chi connectivity index (χ1n) is 5.14. The van der Waals surface area contributed by atoms with Gasteiger partial charge in [-0.15, -0.1) is 0 Å². The molecule has 15 heavy (non-hydrogen) atoms. The van der Waals surface area contributed by atoms with Gasteiger partial charge in [0.1, 0.15) is 16.4 Å². The topological polar surface area (TPSA) is 48.1 Å². The van der Waals surface area contributed by atoms with Crippen molar-refractivity contribution in [2.45, 2.75) is 19.3 Å². The van der Waals surface area contributed by atoms with Gasteiger partial charge in [-0.2, -0.15) is 0 Å². The minimum Gasteiger partial charge on any atom is -0.493 e. The number of hydrogen-bond donors (Lipinski definition) is 1. The SMILES string of the molecule is NC(=S)c1cc(OCCC2CC2)ccn1. The molecule has 0 unspecified atom stereocenters. The molecule has 2 rings (SSSR count). The van der Waals surface area contributed by atoms with E-state index < -0.39 is 0 Å². The van der Waals surface area contributed by atoms with E-state index >= 15 is 0 Å². The first kappa shape index (κ1) is 10.4. The molecule has 0 atom stereocenters. The van der Waals surface area contributed by atoms with Crippen LogP contribution in [0.5, 0.6) is 5.75 Å². The number of ether oxygens (including phenoxy) is 1. The lowest BCUT2D eigenvalue weighted by Gasteiger charge is -2.06. The molecule has 0 spiro atoms. The van der Waals surface area contributed by atoms with Gasteiger partial charge in [0.15, 0.2) is 0 Å². The average molecular weight is 222 g/mol. The third-order valence-electron chi connectivity index (χ3n) is 2.48. The number of nitrogens with zero attached hydrogens (tertiary/aromatic N) is 1. The zero-order valence-corrected chi connectivity index (χ0v) is 9.30. The Morgan fingerprint density at radius 1 is 1.60 bits per heavy atom. The number of thiocarbonyl (C=S) groups is 1. The van der Waals surface area contributed by atoms with Gasteiger partial charge >= 0.3 is 0 Å². The summed E-state index contributed by atoms with van der Waals surface area (Å²) in [5, 5.41) is 0. The Hall–Kier alpha value is -1.16. The predicted molar refractivity (Wildman–Crippen MR) is 63.0 cm³/mol. The first-order chi connectivity index (χ1) is 7.25. The minimum absolute atomic E-state index is 0.308. The molecule has 3 nitrogen and oxygen atoms in total. The highest BCUT2D eigenvalue weighted by Gasteiger charge is 2.20. The van der Waals surface area contributed by atoms with Crippen molar-refractivity contribution in [1.29, 1.82) is 0 Å². The fourth-order valence-electron chi connectivity index (χ4n) is 1.39. The lowest BCUT2D eigenvalue weighted by Crippen LogP contribution is -2.11. The lowest BCUT2D eigenvalue weighted by atomic mass is 10.3. The molecule has 2 N–H and O–H groups in total. The highest BCUT2D eigenvalue weighted by Crippen LogP contribution is 2.32. The molecule has 80 valence electrons. The van der Waals surface area contributed by atoms with Crippen LogP contribution in [0.1, 0.15) is 25.0 Å². The van der Waals surface area contributed by atoms with E-state index in [0.717, 1.165) is 24.7 Å². The number of rotatable bonds is 5. The van der Waals surface area contributed by atoms with Crippen LogP contribution in [0.3, 0.4) is 0 Å². The van der Waals surface area contributed by atoms with E-state index in [9.17, 15) is 0 Å². The first-order valence-corrected chi connectivity index (χ1v) is 5.55. The van der Waals surface area contributed by atoms with Crippen molar-refractivity contribution in [2.24, 2.45) is 11.7 Å². The third-order valence-corrected chi connectivity index (χ3v) is 2.68. The molecule has 0 saturated heterocycles. The molecular formula is C11H14N2OS. The Morgan fingerprint density at radius 2 is 2.40 bits per heavy atom. The van der Waals surface area contributed by atoms with Crippen molar-refractivity contribution < 1.29 is 4.74 Å². The molecule has 1 aromatic heterocycles. The summed E-state index contributed by atoms with van der Waals surface area (Å²) < 4.78 is 5.59. The number of nitrogens with two attached hydrogens (primary N) is 1. The molecule has 1 aliphatic carbocycles. The molecule has 0 aliphatic heterocycles. The van der Waals surface area contributed by atoms with E-state index in [4.69, 9.17) is 22.7 Å². The second kappa shape index (κ2) is 4.57. The Balaban J connectivity index is 1.88. The van der Waals surface area contributed by atoms with Crippen LogP contribution in [0.4, 0.5) is 0 Å². The van der Waals surface area contributed by atoms with Crippen molar-refractivity contribution in [3.8, 4) is 5.75 Å². The van der Waals surface area contributed by atoms with Gasteiger partial charge in [0.05, 0.1) is 6.61 Å². The molecule has 1 heterocycles. The number of pyridine rings is 1. The van der Waals surface area contributed by atoms with Crippen molar-refractivity contribution in [2.75, 3.05) is 6.61 Å². The maximum atomic E-state index is 5.59. The van der Waals surface area contributed by atoms with Crippen LogP contribution in [0.25, 0.3) is 0 Å². The van der Waals surface area contributed by atoms with Crippen LogP contribution in [0, 0.1) is 5.92 Å². The maximum absolute atomic E-state index is 5.59. The molecule has 0 bridgehead atoms. The second-order valence-electron chi connectivity index (χ2n) is 3.82. The average Bonchev–Trinajstić information content (AvgIpc) is 3.02. The van der Waals surface area contributed by atoms with E-state index in [2.05, 4.69) is 4.98 Å². The number of hydrogen-bond acceptors (Lipinski definition) is 3. The zero-order chi connectivity index (χ0) is 10.7. The third kappa shape index (κ3) is 3.16. The summed E-state index contributed by atoms with van der Waals surface area (Å²) in [6.07, 6.45) is 5.53. The molecule has 1 aromatic rings. The van der Waals surface area contributed by atoms with Gasteiger partial charge in [-0.3, -0.25) is 4.98 Å². The maximum Gasteiger partial charge on any atom is 0.123 e. The zero-order valence-electron chi connectivity index (χ0n) is 8.48. The van der Waals surface area contributed by atoms with Crippen molar-refractivity contribution in [3.05, 3.63) is 24.0 Å².